The van der Waals surface area contributed by atoms with Crippen LogP contribution in [0.3, 0.4) is 0 Å². The molecule has 0 amide bonds. The lowest BCUT2D eigenvalue weighted by molar-refractivity contribution is -0.137. The first-order valence-electron chi connectivity index (χ1n) is 8.00. The van der Waals surface area contributed by atoms with E-state index in [9.17, 15) is 9.90 Å². The predicted octanol–water partition coefficient (Wildman–Crippen LogP) is 3.25. The maximum atomic E-state index is 11.3. The first-order valence-corrected chi connectivity index (χ1v) is 8.00. The molecule has 0 radical (unpaired) electrons. The summed E-state index contributed by atoms with van der Waals surface area (Å²) in [7, 11) is 0. The summed E-state index contributed by atoms with van der Waals surface area (Å²) < 4.78 is 0. The summed E-state index contributed by atoms with van der Waals surface area (Å²) in [5, 5.41) is 9.31. The number of piperazine rings is 1. The molecule has 1 aliphatic heterocycles. The van der Waals surface area contributed by atoms with Crippen LogP contribution in [0.15, 0.2) is 60.7 Å². The minimum absolute atomic E-state index is 0.0358. The van der Waals surface area contributed by atoms with Crippen LogP contribution in [0.2, 0.25) is 0 Å². The number of anilines is 2. The van der Waals surface area contributed by atoms with Crippen molar-refractivity contribution in [2.75, 3.05) is 22.9 Å². The number of carboxylic acid groups (broad SMARTS) is 1. The van der Waals surface area contributed by atoms with E-state index in [0.717, 1.165) is 17.9 Å². The predicted molar refractivity (Wildman–Crippen MR) is 93.1 cm³/mol. The Morgan fingerprint density at radius 1 is 0.957 bits per heavy atom. The van der Waals surface area contributed by atoms with Crippen LogP contribution in [0.25, 0.3) is 0 Å². The molecule has 0 spiro atoms. The third kappa shape index (κ3) is 3.47. The Kier molecular flexibility index (Phi) is 4.51. The molecule has 1 fully saturated rings. The topological polar surface area (TPSA) is 43.8 Å². The lowest BCUT2D eigenvalue weighted by Gasteiger charge is -2.47. The SMILES string of the molecule is C[C@H]1CN(c2ccccc2)[C@H](CC(=O)O)CN1c1ccccc1. The van der Waals surface area contributed by atoms with Gasteiger partial charge in [-0.1, -0.05) is 36.4 Å². The fraction of sp³-hybridized carbons (Fsp3) is 0.316. The van der Waals surface area contributed by atoms with Gasteiger partial charge in [0.25, 0.3) is 0 Å². The molecule has 2 aromatic rings. The second-order valence-corrected chi connectivity index (χ2v) is 6.08. The van der Waals surface area contributed by atoms with Crippen LogP contribution in [0, 0.1) is 0 Å². The van der Waals surface area contributed by atoms with Crippen molar-refractivity contribution in [3.63, 3.8) is 0 Å². The number of benzene rings is 2. The molecule has 0 bridgehead atoms. The molecule has 2 atom stereocenters. The van der Waals surface area contributed by atoms with Crippen molar-refractivity contribution in [1.82, 2.24) is 0 Å². The second kappa shape index (κ2) is 6.73. The fourth-order valence-corrected chi connectivity index (χ4v) is 3.33. The van der Waals surface area contributed by atoms with E-state index in [2.05, 4.69) is 41.0 Å². The average molecular weight is 310 g/mol. The van der Waals surface area contributed by atoms with Crippen molar-refractivity contribution < 1.29 is 9.90 Å². The molecule has 120 valence electrons. The van der Waals surface area contributed by atoms with Crippen molar-refractivity contribution in [1.29, 1.82) is 0 Å². The number of carboxylic acids is 1. The van der Waals surface area contributed by atoms with Gasteiger partial charge in [-0.15, -0.1) is 0 Å². The molecule has 1 saturated heterocycles. The van der Waals surface area contributed by atoms with Gasteiger partial charge in [0.15, 0.2) is 0 Å². The molecule has 0 saturated carbocycles. The van der Waals surface area contributed by atoms with Crippen LogP contribution in [-0.2, 0) is 4.79 Å². The number of aliphatic carboxylic acids is 1. The number of hydrogen-bond donors (Lipinski definition) is 1. The standard InChI is InChI=1S/C19H22N2O2/c1-15-13-21(17-10-6-3-7-11-17)18(12-19(22)23)14-20(15)16-8-4-2-5-9-16/h2-11,15,18H,12-14H2,1H3,(H,22,23)/t15-,18+/m0/s1. The molecule has 2 aromatic carbocycles. The molecule has 3 rings (SSSR count). The van der Waals surface area contributed by atoms with Gasteiger partial charge in [-0.05, 0) is 31.2 Å². The van der Waals surface area contributed by atoms with Crippen LogP contribution in [0.4, 0.5) is 11.4 Å². The number of hydrogen-bond acceptors (Lipinski definition) is 3. The molecule has 4 heteroatoms. The van der Waals surface area contributed by atoms with E-state index >= 15 is 0 Å². The molecule has 23 heavy (non-hydrogen) atoms. The Morgan fingerprint density at radius 2 is 1.48 bits per heavy atom. The zero-order valence-corrected chi connectivity index (χ0v) is 13.3. The maximum Gasteiger partial charge on any atom is 0.305 e. The number of nitrogens with zero attached hydrogens (tertiary/aromatic N) is 2. The Morgan fingerprint density at radius 3 is 2.00 bits per heavy atom. The van der Waals surface area contributed by atoms with Crippen molar-refractivity contribution in [2.45, 2.75) is 25.4 Å². The Balaban J connectivity index is 1.87. The van der Waals surface area contributed by atoms with Gasteiger partial charge in [0, 0.05) is 30.5 Å². The van der Waals surface area contributed by atoms with E-state index in [4.69, 9.17) is 0 Å². The number of carbonyl (C=O) groups is 1. The summed E-state index contributed by atoms with van der Waals surface area (Å²) in [6.07, 6.45) is 0.144. The van der Waals surface area contributed by atoms with Crippen LogP contribution in [-0.4, -0.2) is 36.2 Å². The molecule has 0 aromatic heterocycles. The quantitative estimate of drug-likeness (QED) is 0.941. The normalized spacial score (nSPS) is 21.3. The van der Waals surface area contributed by atoms with E-state index in [0.29, 0.717) is 12.6 Å². The highest BCUT2D eigenvalue weighted by Gasteiger charge is 2.33. The van der Waals surface area contributed by atoms with Gasteiger partial charge in [-0.3, -0.25) is 4.79 Å². The van der Waals surface area contributed by atoms with E-state index in [1.165, 1.54) is 0 Å². The van der Waals surface area contributed by atoms with Crippen molar-refractivity contribution in [2.24, 2.45) is 0 Å². The van der Waals surface area contributed by atoms with Crippen LogP contribution in [0.1, 0.15) is 13.3 Å². The molecule has 1 aliphatic rings. The highest BCUT2D eigenvalue weighted by Crippen LogP contribution is 2.28. The third-order valence-electron chi connectivity index (χ3n) is 4.43. The van der Waals surface area contributed by atoms with E-state index in [-0.39, 0.29) is 12.5 Å². The minimum atomic E-state index is -0.751. The maximum absolute atomic E-state index is 11.3. The summed E-state index contributed by atoms with van der Waals surface area (Å²) in [6.45, 7) is 3.73. The summed E-state index contributed by atoms with van der Waals surface area (Å²) in [6, 6.07) is 20.6. The summed E-state index contributed by atoms with van der Waals surface area (Å²) in [4.78, 5) is 15.9. The average Bonchev–Trinajstić information content (AvgIpc) is 2.57. The highest BCUT2D eigenvalue weighted by atomic mass is 16.4. The number of para-hydroxylation sites is 2. The van der Waals surface area contributed by atoms with Gasteiger partial charge in [0.1, 0.15) is 0 Å². The van der Waals surface area contributed by atoms with Gasteiger partial charge in [-0.25, -0.2) is 0 Å². The molecule has 1 heterocycles. The molecular formula is C19H22N2O2. The van der Waals surface area contributed by atoms with Gasteiger partial charge < -0.3 is 14.9 Å². The third-order valence-corrected chi connectivity index (χ3v) is 4.43. The van der Waals surface area contributed by atoms with Crippen LogP contribution < -0.4 is 9.80 Å². The molecular weight excluding hydrogens is 288 g/mol. The first kappa shape index (κ1) is 15.4. The van der Waals surface area contributed by atoms with Crippen molar-refractivity contribution >= 4 is 17.3 Å². The summed E-state index contributed by atoms with van der Waals surface area (Å²) >= 11 is 0. The molecule has 0 aliphatic carbocycles. The summed E-state index contributed by atoms with van der Waals surface area (Å²) in [5.74, 6) is -0.751. The van der Waals surface area contributed by atoms with E-state index in [1.54, 1.807) is 0 Å². The lowest BCUT2D eigenvalue weighted by Crippen LogP contribution is -2.58. The molecule has 4 nitrogen and oxygen atoms in total. The van der Waals surface area contributed by atoms with E-state index < -0.39 is 5.97 Å². The summed E-state index contributed by atoms with van der Waals surface area (Å²) in [5.41, 5.74) is 2.25. The Hall–Kier alpha value is -2.49. The number of rotatable bonds is 4. The zero-order chi connectivity index (χ0) is 16.2. The van der Waals surface area contributed by atoms with E-state index in [1.807, 2.05) is 36.4 Å². The Bertz CT molecular complexity index is 645. The minimum Gasteiger partial charge on any atom is -0.481 e. The zero-order valence-electron chi connectivity index (χ0n) is 13.3. The Labute approximate surface area is 137 Å². The monoisotopic (exact) mass is 310 g/mol. The van der Waals surface area contributed by atoms with Gasteiger partial charge in [0.05, 0.1) is 12.5 Å². The first-order chi connectivity index (χ1) is 11.1. The van der Waals surface area contributed by atoms with Gasteiger partial charge in [0.2, 0.25) is 0 Å². The highest BCUT2D eigenvalue weighted by molar-refractivity contribution is 5.69. The van der Waals surface area contributed by atoms with Crippen LogP contribution in [0.5, 0.6) is 0 Å². The van der Waals surface area contributed by atoms with Crippen LogP contribution >= 0.6 is 0 Å². The smallest absolute Gasteiger partial charge is 0.305 e. The fourth-order valence-electron chi connectivity index (χ4n) is 3.33. The van der Waals surface area contributed by atoms with Crippen molar-refractivity contribution in [3.05, 3.63) is 60.7 Å². The molecule has 0 unspecified atom stereocenters. The molecule has 1 N–H and O–H groups in total. The van der Waals surface area contributed by atoms with Gasteiger partial charge in [-0.2, -0.15) is 0 Å². The largest absolute Gasteiger partial charge is 0.481 e. The van der Waals surface area contributed by atoms with Gasteiger partial charge >= 0.3 is 5.97 Å². The lowest BCUT2D eigenvalue weighted by atomic mass is 10.0. The second-order valence-electron chi connectivity index (χ2n) is 6.08. The van der Waals surface area contributed by atoms with Crippen molar-refractivity contribution in [3.8, 4) is 0 Å².